The average molecular weight is 314 g/mol. The third-order valence-electron chi connectivity index (χ3n) is 2.31. The van der Waals surface area contributed by atoms with Gasteiger partial charge in [0.25, 0.3) is 0 Å². The molecule has 98 valence electrons. The molecule has 0 aromatic heterocycles. The summed E-state index contributed by atoms with van der Waals surface area (Å²) in [4.78, 5) is 15.9. The van der Waals surface area contributed by atoms with E-state index in [1.807, 2.05) is 25.1 Å². The van der Waals surface area contributed by atoms with E-state index in [1.165, 1.54) is 14.0 Å². The molecular formula is C13H16BrNO3. The molecule has 0 unspecified atom stereocenters. The molecule has 0 atom stereocenters. The zero-order chi connectivity index (χ0) is 13.7. The second-order valence-electron chi connectivity index (χ2n) is 3.79. The number of hydroxylamine groups is 1. The number of carbonyl (C=O) groups is 1. The fraction of sp³-hybridized carbons (Fsp3) is 0.308. The monoisotopic (exact) mass is 313 g/mol. The highest BCUT2D eigenvalue weighted by atomic mass is 79.9. The van der Waals surface area contributed by atoms with Gasteiger partial charge in [-0.3, -0.25) is 15.1 Å². The van der Waals surface area contributed by atoms with Crippen LogP contribution in [0.25, 0.3) is 5.70 Å². The molecule has 0 bridgehead atoms. The van der Waals surface area contributed by atoms with Crippen LogP contribution in [0.3, 0.4) is 0 Å². The van der Waals surface area contributed by atoms with Gasteiger partial charge in [-0.25, -0.2) is 0 Å². The maximum atomic E-state index is 11.0. The van der Waals surface area contributed by atoms with Crippen LogP contribution in [0.1, 0.15) is 25.0 Å². The summed E-state index contributed by atoms with van der Waals surface area (Å²) in [7, 11) is 1.51. The minimum Gasteiger partial charge on any atom is -0.429 e. The molecule has 0 spiro atoms. The predicted octanol–water partition coefficient (Wildman–Crippen LogP) is 3.16. The largest absolute Gasteiger partial charge is 0.429 e. The summed E-state index contributed by atoms with van der Waals surface area (Å²) in [5, 5.41) is 0. The molecule has 1 aromatic rings. The maximum absolute atomic E-state index is 11.0. The minimum atomic E-state index is -0.363. The first kappa shape index (κ1) is 14.7. The number of benzene rings is 1. The first-order valence-corrected chi connectivity index (χ1v) is 6.19. The smallest absolute Gasteiger partial charge is 0.307 e. The lowest BCUT2D eigenvalue weighted by atomic mass is 10.1. The zero-order valence-electron chi connectivity index (χ0n) is 10.8. The molecule has 0 aliphatic rings. The number of allylic oxidation sites excluding steroid dienone is 1. The fourth-order valence-corrected chi connectivity index (χ4v) is 2.07. The Balaban J connectivity index is 3.22. The van der Waals surface area contributed by atoms with Crippen molar-refractivity contribution in [1.82, 2.24) is 5.48 Å². The highest BCUT2D eigenvalue weighted by molar-refractivity contribution is 9.10. The summed E-state index contributed by atoms with van der Waals surface area (Å²) < 4.78 is 6.08. The second-order valence-corrected chi connectivity index (χ2v) is 4.71. The van der Waals surface area contributed by atoms with Crippen molar-refractivity contribution < 1.29 is 14.4 Å². The van der Waals surface area contributed by atoms with Crippen molar-refractivity contribution in [3.63, 3.8) is 0 Å². The highest BCUT2D eigenvalue weighted by Gasteiger charge is 2.11. The Labute approximate surface area is 115 Å². The molecule has 0 amide bonds. The van der Waals surface area contributed by atoms with Crippen LogP contribution in [0.5, 0.6) is 0 Å². The Bertz CT molecular complexity index is 483. The van der Waals surface area contributed by atoms with Gasteiger partial charge in [-0.15, -0.1) is 0 Å². The van der Waals surface area contributed by atoms with Gasteiger partial charge in [0.15, 0.2) is 0 Å². The normalized spacial score (nSPS) is 11.8. The quantitative estimate of drug-likeness (QED) is 0.527. The summed E-state index contributed by atoms with van der Waals surface area (Å²) in [5.41, 5.74) is 5.34. The van der Waals surface area contributed by atoms with Gasteiger partial charge in [-0.05, 0) is 31.5 Å². The number of halogens is 1. The van der Waals surface area contributed by atoms with Crippen molar-refractivity contribution >= 4 is 27.6 Å². The predicted molar refractivity (Wildman–Crippen MR) is 73.4 cm³/mol. The van der Waals surface area contributed by atoms with Crippen molar-refractivity contribution in [3.8, 4) is 0 Å². The SMILES string of the molecule is CONC(=C(C)OC(C)=O)c1ccc(Br)cc1C. The molecular weight excluding hydrogens is 298 g/mol. The molecule has 1 rings (SSSR count). The Hall–Kier alpha value is -1.33. The fourth-order valence-electron chi connectivity index (χ4n) is 1.59. The molecule has 0 heterocycles. The van der Waals surface area contributed by atoms with Gasteiger partial charge in [0.2, 0.25) is 0 Å². The number of ether oxygens (including phenoxy) is 1. The van der Waals surface area contributed by atoms with E-state index in [0.717, 1.165) is 15.6 Å². The van der Waals surface area contributed by atoms with Crippen LogP contribution in [-0.2, 0) is 14.4 Å². The van der Waals surface area contributed by atoms with E-state index in [4.69, 9.17) is 9.57 Å². The summed E-state index contributed by atoms with van der Waals surface area (Å²) >= 11 is 3.41. The van der Waals surface area contributed by atoms with Crippen LogP contribution in [0, 0.1) is 6.92 Å². The Morgan fingerprint density at radius 2 is 2.00 bits per heavy atom. The maximum Gasteiger partial charge on any atom is 0.307 e. The molecule has 0 fully saturated rings. The summed E-state index contributed by atoms with van der Waals surface area (Å²) in [6.07, 6.45) is 0. The van der Waals surface area contributed by atoms with E-state index < -0.39 is 0 Å². The highest BCUT2D eigenvalue weighted by Crippen LogP contribution is 2.23. The third-order valence-corrected chi connectivity index (χ3v) is 2.80. The van der Waals surface area contributed by atoms with Crippen LogP contribution in [0.15, 0.2) is 28.4 Å². The number of carbonyl (C=O) groups excluding carboxylic acids is 1. The topological polar surface area (TPSA) is 47.6 Å². The summed E-state index contributed by atoms with van der Waals surface area (Å²) in [5.74, 6) is 0.104. The lowest BCUT2D eigenvalue weighted by molar-refractivity contribution is -0.136. The Morgan fingerprint density at radius 3 is 2.50 bits per heavy atom. The molecule has 0 aliphatic heterocycles. The molecule has 0 saturated heterocycles. The van der Waals surface area contributed by atoms with Gasteiger partial charge < -0.3 is 4.74 Å². The molecule has 1 aromatic carbocycles. The van der Waals surface area contributed by atoms with Gasteiger partial charge >= 0.3 is 5.97 Å². The lowest BCUT2D eigenvalue weighted by Crippen LogP contribution is -2.15. The molecule has 18 heavy (non-hydrogen) atoms. The molecule has 4 nitrogen and oxygen atoms in total. The van der Waals surface area contributed by atoms with Crippen LogP contribution in [-0.4, -0.2) is 13.1 Å². The summed E-state index contributed by atoms with van der Waals surface area (Å²) in [6.45, 7) is 5.05. The van der Waals surface area contributed by atoms with E-state index >= 15 is 0 Å². The Kier molecular flexibility index (Phi) is 5.37. The van der Waals surface area contributed by atoms with Gasteiger partial charge in [0, 0.05) is 17.0 Å². The van der Waals surface area contributed by atoms with E-state index in [2.05, 4.69) is 21.4 Å². The molecule has 0 aliphatic carbocycles. The van der Waals surface area contributed by atoms with Crippen LogP contribution in [0.4, 0.5) is 0 Å². The van der Waals surface area contributed by atoms with Gasteiger partial charge in [-0.2, -0.15) is 0 Å². The van der Waals surface area contributed by atoms with Crippen molar-refractivity contribution in [3.05, 3.63) is 39.6 Å². The molecule has 5 heteroatoms. The van der Waals surface area contributed by atoms with E-state index in [0.29, 0.717) is 11.5 Å². The van der Waals surface area contributed by atoms with Crippen LogP contribution in [0.2, 0.25) is 0 Å². The van der Waals surface area contributed by atoms with Crippen molar-refractivity contribution in [2.45, 2.75) is 20.8 Å². The first-order valence-electron chi connectivity index (χ1n) is 5.40. The number of aryl methyl sites for hydroxylation is 1. The zero-order valence-corrected chi connectivity index (χ0v) is 12.4. The summed E-state index contributed by atoms with van der Waals surface area (Å²) in [6, 6.07) is 5.82. The van der Waals surface area contributed by atoms with E-state index in [1.54, 1.807) is 6.92 Å². The van der Waals surface area contributed by atoms with Crippen LogP contribution < -0.4 is 5.48 Å². The van der Waals surface area contributed by atoms with E-state index in [9.17, 15) is 4.79 Å². The number of hydrogen-bond donors (Lipinski definition) is 1. The number of nitrogens with one attached hydrogen (secondary N) is 1. The third kappa shape index (κ3) is 3.85. The van der Waals surface area contributed by atoms with Crippen molar-refractivity contribution in [2.75, 3.05) is 7.11 Å². The van der Waals surface area contributed by atoms with E-state index in [-0.39, 0.29) is 5.97 Å². The van der Waals surface area contributed by atoms with Crippen LogP contribution >= 0.6 is 15.9 Å². The second kappa shape index (κ2) is 6.56. The number of rotatable bonds is 4. The lowest BCUT2D eigenvalue weighted by Gasteiger charge is -2.15. The molecule has 0 radical (unpaired) electrons. The van der Waals surface area contributed by atoms with Gasteiger partial charge in [0.05, 0.1) is 7.11 Å². The molecule has 1 N–H and O–H groups in total. The first-order chi connectivity index (χ1) is 8.45. The van der Waals surface area contributed by atoms with Crippen molar-refractivity contribution in [2.24, 2.45) is 0 Å². The van der Waals surface area contributed by atoms with Gasteiger partial charge in [0.1, 0.15) is 11.5 Å². The number of esters is 1. The van der Waals surface area contributed by atoms with Crippen molar-refractivity contribution in [1.29, 1.82) is 0 Å². The molecule has 0 saturated carbocycles. The minimum absolute atomic E-state index is 0.363. The number of hydrogen-bond acceptors (Lipinski definition) is 4. The van der Waals surface area contributed by atoms with Gasteiger partial charge in [-0.1, -0.05) is 22.0 Å². The standard InChI is InChI=1S/C13H16BrNO3/c1-8-7-11(14)5-6-12(8)13(15-17-4)9(2)18-10(3)16/h5-7,15H,1-4H3. The Morgan fingerprint density at radius 1 is 1.33 bits per heavy atom. The average Bonchev–Trinajstić information content (AvgIpc) is 2.25.